The number of rotatable bonds is 4. The van der Waals surface area contributed by atoms with Crippen LogP contribution in [0.3, 0.4) is 0 Å². The van der Waals surface area contributed by atoms with Gasteiger partial charge in [0.15, 0.2) is 11.5 Å². The topological polar surface area (TPSA) is 66.9 Å². The van der Waals surface area contributed by atoms with Gasteiger partial charge in [-0.15, -0.1) is 10.2 Å². The molecule has 0 radical (unpaired) electrons. The lowest BCUT2D eigenvalue weighted by Crippen LogP contribution is -2.15. The van der Waals surface area contributed by atoms with Crippen molar-refractivity contribution in [2.45, 2.75) is 13.8 Å². The summed E-state index contributed by atoms with van der Waals surface area (Å²) in [5.74, 6) is -1.74. The molecule has 7 heteroatoms. The normalized spacial score (nSPS) is 10.5. The minimum atomic E-state index is -0.861. The lowest BCUT2D eigenvalue weighted by atomic mass is 10.1. The third kappa shape index (κ3) is 3.83. The van der Waals surface area contributed by atoms with Crippen molar-refractivity contribution < 1.29 is 13.6 Å². The molecule has 0 saturated heterocycles. The second-order valence-electron chi connectivity index (χ2n) is 5.77. The summed E-state index contributed by atoms with van der Waals surface area (Å²) in [6.45, 7) is 3.95. The molecule has 0 aliphatic carbocycles. The highest BCUT2D eigenvalue weighted by Crippen LogP contribution is 2.23. The summed E-state index contributed by atoms with van der Waals surface area (Å²) in [4.78, 5) is 12.1. The average Bonchev–Trinajstić information content (AvgIpc) is 2.61. The highest BCUT2D eigenvalue weighted by molar-refractivity contribution is 6.02. The number of carbonyl (C=O) groups excluding carboxylic acids is 1. The second-order valence-corrected chi connectivity index (χ2v) is 5.77. The van der Waals surface area contributed by atoms with E-state index in [9.17, 15) is 13.6 Å². The predicted molar refractivity (Wildman–Crippen MR) is 95.5 cm³/mol. The van der Waals surface area contributed by atoms with E-state index in [1.165, 1.54) is 6.07 Å². The molecule has 1 aromatic heterocycles. The molecular weight excluding hydrogens is 338 g/mol. The maximum atomic E-state index is 13.6. The summed E-state index contributed by atoms with van der Waals surface area (Å²) in [6.07, 6.45) is 0. The van der Waals surface area contributed by atoms with E-state index in [-0.39, 0.29) is 11.4 Å². The first kappa shape index (κ1) is 17.5. The molecule has 0 fully saturated rings. The molecule has 1 amide bonds. The number of benzene rings is 2. The van der Waals surface area contributed by atoms with Gasteiger partial charge < -0.3 is 10.6 Å². The number of halogens is 2. The Bertz CT molecular complexity index is 938. The minimum absolute atomic E-state index is 0.0146. The zero-order chi connectivity index (χ0) is 18.7. The first-order valence-electron chi connectivity index (χ1n) is 7.87. The molecule has 26 heavy (non-hydrogen) atoms. The van der Waals surface area contributed by atoms with E-state index in [1.54, 1.807) is 6.07 Å². The standard InChI is InChI=1S/C19H16F2N4O/c1-11-4-3-5-12(2)18(11)23-17-9-8-16(24-25-17)19(26)22-15-7-6-13(20)10-14(15)21/h3-10H,1-2H3,(H,22,26)(H,23,25). The van der Waals surface area contributed by atoms with Crippen molar-refractivity contribution in [2.24, 2.45) is 0 Å². The van der Waals surface area contributed by atoms with E-state index in [0.717, 1.165) is 28.9 Å². The van der Waals surface area contributed by atoms with Crippen molar-refractivity contribution in [1.29, 1.82) is 0 Å². The number of hydrogen-bond donors (Lipinski definition) is 2. The number of nitrogens with zero attached hydrogens (tertiary/aromatic N) is 2. The van der Waals surface area contributed by atoms with Crippen molar-refractivity contribution in [1.82, 2.24) is 10.2 Å². The highest BCUT2D eigenvalue weighted by Gasteiger charge is 2.12. The van der Waals surface area contributed by atoms with Crippen molar-refractivity contribution in [3.63, 3.8) is 0 Å². The SMILES string of the molecule is Cc1cccc(C)c1Nc1ccc(C(=O)Nc2ccc(F)cc2F)nn1. The molecule has 0 spiro atoms. The Morgan fingerprint density at radius 3 is 2.31 bits per heavy atom. The number of anilines is 3. The number of nitrogens with one attached hydrogen (secondary N) is 2. The molecule has 0 unspecified atom stereocenters. The van der Waals surface area contributed by atoms with Gasteiger partial charge in [0.1, 0.15) is 11.6 Å². The van der Waals surface area contributed by atoms with E-state index < -0.39 is 17.5 Å². The molecule has 2 aromatic carbocycles. The van der Waals surface area contributed by atoms with Gasteiger partial charge in [0.2, 0.25) is 0 Å². The molecule has 0 atom stereocenters. The van der Waals surface area contributed by atoms with Crippen LogP contribution in [0.5, 0.6) is 0 Å². The summed E-state index contributed by atoms with van der Waals surface area (Å²) in [5, 5.41) is 13.3. The Morgan fingerprint density at radius 2 is 1.69 bits per heavy atom. The van der Waals surface area contributed by atoms with Gasteiger partial charge in [-0.2, -0.15) is 0 Å². The second kappa shape index (κ2) is 7.26. The third-order valence-corrected chi connectivity index (χ3v) is 3.81. The zero-order valence-corrected chi connectivity index (χ0v) is 14.2. The Balaban J connectivity index is 1.74. The maximum Gasteiger partial charge on any atom is 0.276 e. The predicted octanol–water partition coefficient (Wildman–Crippen LogP) is 4.37. The quantitative estimate of drug-likeness (QED) is 0.730. The monoisotopic (exact) mass is 354 g/mol. The molecular formula is C19H16F2N4O. The molecule has 3 aromatic rings. The van der Waals surface area contributed by atoms with Crippen molar-refractivity contribution in [3.8, 4) is 0 Å². The molecule has 0 aliphatic heterocycles. The summed E-state index contributed by atoms with van der Waals surface area (Å²) in [7, 11) is 0. The van der Waals surface area contributed by atoms with E-state index in [4.69, 9.17) is 0 Å². The Hall–Kier alpha value is -3.35. The van der Waals surface area contributed by atoms with Crippen molar-refractivity contribution >= 4 is 23.1 Å². The number of para-hydroxylation sites is 1. The molecule has 1 heterocycles. The van der Waals surface area contributed by atoms with Gasteiger partial charge in [0.25, 0.3) is 5.91 Å². The Labute approximate surface area is 149 Å². The van der Waals surface area contributed by atoms with Crippen LogP contribution < -0.4 is 10.6 Å². The molecule has 0 bridgehead atoms. The molecule has 0 saturated carbocycles. The van der Waals surface area contributed by atoms with Crippen LogP contribution in [0.1, 0.15) is 21.6 Å². The van der Waals surface area contributed by atoms with E-state index >= 15 is 0 Å². The zero-order valence-electron chi connectivity index (χ0n) is 14.2. The molecule has 3 rings (SSSR count). The van der Waals surface area contributed by atoms with Gasteiger partial charge in [0, 0.05) is 11.8 Å². The summed E-state index contributed by atoms with van der Waals surface area (Å²) < 4.78 is 26.5. The van der Waals surface area contributed by atoms with Crippen LogP contribution in [0, 0.1) is 25.5 Å². The summed E-state index contributed by atoms with van der Waals surface area (Å²) >= 11 is 0. The molecule has 5 nitrogen and oxygen atoms in total. The van der Waals surface area contributed by atoms with E-state index in [2.05, 4.69) is 20.8 Å². The van der Waals surface area contributed by atoms with Crippen LogP contribution in [-0.4, -0.2) is 16.1 Å². The summed E-state index contributed by atoms with van der Waals surface area (Å²) in [6, 6.07) is 11.9. The smallest absolute Gasteiger partial charge is 0.276 e. The average molecular weight is 354 g/mol. The number of aromatic nitrogens is 2. The molecule has 132 valence electrons. The number of carbonyl (C=O) groups is 1. The van der Waals surface area contributed by atoms with Gasteiger partial charge >= 0.3 is 0 Å². The number of amides is 1. The van der Waals surface area contributed by atoms with Gasteiger partial charge in [-0.25, -0.2) is 8.78 Å². The van der Waals surface area contributed by atoms with Crippen LogP contribution >= 0.6 is 0 Å². The first-order chi connectivity index (χ1) is 12.4. The third-order valence-electron chi connectivity index (χ3n) is 3.81. The van der Waals surface area contributed by atoms with Crippen molar-refractivity contribution in [3.05, 3.63) is 77.0 Å². The van der Waals surface area contributed by atoms with E-state index in [0.29, 0.717) is 11.9 Å². The van der Waals surface area contributed by atoms with Gasteiger partial charge in [-0.3, -0.25) is 4.79 Å². The van der Waals surface area contributed by atoms with Crippen LogP contribution in [0.15, 0.2) is 48.5 Å². The Morgan fingerprint density at radius 1 is 0.962 bits per heavy atom. The maximum absolute atomic E-state index is 13.6. The van der Waals surface area contributed by atoms with Crippen molar-refractivity contribution in [2.75, 3.05) is 10.6 Å². The number of aryl methyl sites for hydroxylation is 2. The van der Waals surface area contributed by atoms with Crippen LogP contribution in [0.25, 0.3) is 0 Å². The lowest BCUT2D eigenvalue weighted by molar-refractivity contribution is 0.102. The molecule has 2 N–H and O–H groups in total. The van der Waals surface area contributed by atoms with Crippen LogP contribution in [0.2, 0.25) is 0 Å². The lowest BCUT2D eigenvalue weighted by Gasteiger charge is -2.11. The number of hydrogen-bond acceptors (Lipinski definition) is 4. The van der Waals surface area contributed by atoms with Crippen LogP contribution in [-0.2, 0) is 0 Å². The highest BCUT2D eigenvalue weighted by atomic mass is 19.1. The van der Waals surface area contributed by atoms with Crippen LogP contribution in [0.4, 0.5) is 26.0 Å². The Kier molecular flexibility index (Phi) is 4.88. The van der Waals surface area contributed by atoms with Gasteiger partial charge in [0.05, 0.1) is 5.69 Å². The fourth-order valence-electron chi connectivity index (χ4n) is 2.44. The summed E-state index contributed by atoms with van der Waals surface area (Å²) in [5.41, 5.74) is 2.92. The fraction of sp³-hybridized carbons (Fsp3) is 0.105. The minimum Gasteiger partial charge on any atom is -0.338 e. The van der Waals surface area contributed by atoms with E-state index in [1.807, 2.05) is 32.0 Å². The first-order valence-corrected chi connectivity index (χ1v) is 7.87. The van der Waals surface area contributed by atoms with Gasteiger partial charge in [-0.05, 0) is 49.2 Å². The molecule has 0 aliphatic rings. The van der Waals surface area contributed by atoms with Gasteiger partial charge in [-0.1, -0.05) is 18.2 Å². The fourth-order valence-corrected chi connectivity index (χ4v) is 2.44. The largest absolute Gasteiger partial charge is 0.338 e.